The summed E-state index contributed by atoms with van der Waals surface area (Å²) in [7, 11) is 1.35. The van der Waals surface area contributed by atoms with Gasteiger partial charge in [-0.25, -0.2) is 13.2 Å². The summed E-state index contributed by atoms with van der Waals surface area (Å²) in [6.45, 7) is 0. The summed E-state index contributed by atoms with van der Waals surface area (Å²) in [4.78, 5) is 12.2. The van der Waals surface area contributed by atoms with Crippen molar-refractivity contribution in [3.8, 4) is 5.75 Å². The second-order valence-corrected chi connectivity index (χ2v) is 4.81. The Labute approximate surface area is 121 Å². The molecule has 0 unspecified atom stereocenters. The standard InChI is InChI=1S/C14H8BrF3O2/c1-20-11-6-7(15)2-3-8(11)14(19)9-4-5-10(16)13(18)12(9)17/h2-6H,1H3. The van der Waals surface area contributed by atoms with Crippen LogP contribution in [-0.2, 0) is 0 Å². The van der Waals surface area contributed by atoms with Crippen LogP contribution in [0.4, 0.5) is 13.2 Å². The average Bonchev–Trinajstić information content (AvgIpc) is 2.44. The third-order valence-electron chi connectivity index (χ3n) is 2.69. The summed E-state index contributed by atoms with van der Waals surface area (Å²) in [6.07, 6.45) is 0. The lowest BCUT2D eigenvalue weighted by Gasteiger charge is -2.09. The van der Waals surface area contributed by atoms with Gasteiger partial charge in [-0.2, -0.15) is 0 Å². The molecule has 0 aliphatic rings. The Kier molecular flexibility index (Phi) is 4.13. The normalized spacial score (nSPS) is 10.4. The summed E-state index contributed by atoms with van der Waals surface area (Å²) >= 11 is 3.20. The van der Waals surface area contributed by atoms with Crippen molar-refractivity contribution in [3.05, 3.63) is 63.4 Å². The molecule has 0 saturated carbocycles. The number of hydrogen-bond acceptors (Lipinski definition) is 2. The third kappa shape index (κ3) is 2.56. The van der Waals surface area contributed by atoms with Crippen molar-refractivity contribution in [1.29, 1.82) is 0 Å². The molecule has 0 aliphatic carbocycles. The second kappa shape index (κ2) is 5.66. The van der Waals surface area contributed by atoms with Crippen molar-refractivity contribution in [1.82, 2.24) is 0 Å². The molecule has 0 aliphatic heterocycles. The molecule has 0 saturated heterocycles. The maximum Gasteiger partial charge on any atom is 0.199 e. The van der Waals surface area contributed by atoms with E-state index in [1.165, 1.54) is 19.2 Å². The first kappa shape index (κ1) is 14.6. The maximum absolute atomic E-state index is 13.6. The molecular formula is C14H8BrF3O2. The monoisotopic (exact) mass is 344 g/mol. The molecule has 0 bridgehead atoms. The molecule has 2 aromatic carbocycles. The molecule has 104 valence electrons. The number of benzene rings is 2. The Hall–Kier alpha value is -1.82. The van der Waals surface area contributed by atoms with Gasteiger partial charge in [-0.05, 0) is 30.3 Å². The molecule has 0 fully saturated rings. The van der Waals surface area contributed by atoms with Gasteiger partial charge < -0.3 is 4.74 Å². The highest BCUT2D eigenvalue weighted by Crippen LogP contribution is 2.27. The molecule has 0 atom stereocenters. The van der Waals surface area contributed by atoms with Crippen LogP contribution in [0.25, 0.3) is 0 Å². The highest BCUT2D eigenvalue weighted by molar-refractivity contribution is 9.10. The van der Waals surface area contributed by atoms with Crippen molar-refractivity contribution in [3.63, 3.8) is 0 Å². The van der Waals surface area contributed by atoms with Gasteiger partial charge in [0.25, 0.3) is 0 Å². The number of carbonyl (C=O) groups is 1. The topological polar surface area (TPSA) is 26.3 Å². The first-order chi connectivity index (χ1) is 9.45. The van der Waals surface area contributed by atoms with E-state index in [1.54, 1.807) is 6.07 Å². The van der Waals surface area contributed by atoms with Crippen LogP contribution < -0.4 is 4.74 Å². The van der Waals surface area contributed by atoms with E-state index in [1.807, 2.05) is 0 Å². The summed E-state index contributed by atoms with van der Waals surface area (Å²) in [5.74, 6) is -5.12. The molecular weight excluding hydrogens is 337 g/mol. The Morgan fingerprint density at radius 2 is 1.70 bits per heavy atom. The highest BCUT2D eigenvalue weighted by Gasteiger charge is 2.22. The Bertz CT molecular complexity index is 686. The average molecular weight is 345 g/mol. The van der Waals surface area contributed by atoms with Gasteiger partial charge in [-0.3, -0.25) is 4.79 Å². The van der Waals surface area contributed by atoms with E-state index in [2.05, 4.69) is 15.9 Å². The zero-order valence-corrected chi connectivity index (χ0v) is 11.8. The molecule has 20 heavy (non-hydrogen) atoms. The smallest absolute Gasteiger partial charge is 0.199 e. The molecule has 0 amide bonds. The SMILES string of the molecule is COc1cc(Br)ccc1C(=O)c1ccc(F)c(F)c1F. The summed E-state index contributed by atoms with van der Waals surface area (Å²) < 4.78 is 45.4. The summed E-state index contributed by atoms with van der Waals surface area (Å²) in [6, 6.07) is 6.10. The van der Waals surface area contributed by atoms with Crippen molar-refractivity contribution in [2.45, 2.75) is 0 Å². The van der Waals surface area contributed by atoms with Gasteiger partial charge >= 0.3 is 0 Å². The number of halogens is 4. The lowest BCUT2D eigenvalue weighted by atomic mass is 10.0. The number of hydrogen-bond donors (Lipinski definition) is 0. The molecule has 2 nitrogen and oxygen atoms in total. The minimum Gasteiger partial charge on any atom is -0.496 e. The number of carbonyl (C=O) groups excluding carboxylic acids is 1. The predicted octanol–water partition coefficient (Wildman–Crippen LogP) is 4.11. The molecule has 0 radical (unpaired) electrons. The van der Waals surface area contributed by atoms with Crippen LogP contribution in [0.3, 0.4) is 0 Å². The highest BCUT2D eigenvalue weighted by atomic mass is 79.9. The van der Waals surface area contributed by atoms with Crippen LogP contribution in [-0.4, -0.2) is 12.9 Å². The van der Waals surface area contributed by atoms with E-state index >= 15 is 0 Å². The maximum atomic E-state index is 13.6. The molecule has 0 heterocycles. The molecule has 0 spiro atoms. The lowest BCUT2D eigenvalue weighted by Crippen LogP contribution is -2.08. The Morgan fingerprint density at radius 1 is 1.05 bits per heavy atom. The van der Waals surface area contributed by atoms with E-state index in [0.717, 1.165) is 6.07 Å². The van der Waals surface area contributed by atoms with E-state index < -0.39 is 28.8 Å². The van der Waals surface area contributed by atoms with Gasteiger partial charge in [0.05, 0.1) is 18.2 Å². The number of rotatable bonds is 3. The van der Waals surface area contributed by atoms with Crippen molar-refractivity contribution >= 4 is 21.7 Å². The van der Waals surface area contributed by atoms with Crippen molar-refractivity contribution in [2.24, 2.45) is 0 Å². The van der Waals surface area contributed by atoms with Gasteiger partial charge in [-0.1, -0.05) is 15.9 Å². The van der Waals surface area contributed by atoms with Crippen molar-refractivity contribution < 1.29 is 22.7 Å². The van der Waals surface area contributed by atoms with E-state index in [-0.39, 0.29) is 11.3 Å². The van der Waals surface area contributed by atoms with E-state index in [0.29, 0.717) is 10.5 Å². The van der Waals surface area contributed by atoms with E-state index in [4.69, 9.17) is 4.74 Å². The fraction of sp³-hybridized carbons (Fsp3) is 0.0714. The number of methoxy groups -OCH3 is 1. The zero-order chi connectivity index (χ0) is 14.9. The van der Waals surface area contributed by atoms with E-state index in [9.17, 15) is 18.0 Å². The van der Waals surface area contributed by atoms with Gasteiger partial charge in [0.1, 0.15) is 5.75 Å². The quantitative estimate of drug-likeness (QED) is 0.618. The minimum absolute atomic E-state index is 0.0561. The van der Waals surface area contributed by atoms with Crippen LogP contribution in [0.1, 0.15) is 15.9 Å². The first-order valence-electron chi connectivity index (χ1n) is 5.47. The molecule has 2 aromatic rings. The Balaban J connectivity index is 2.55. The summed E-state index contributed by atoms with van der Waals surface area (Å²) in [5, 5.41) is 0. The molecule has 6 heteroatoms. The summed E-state index contributed by atoms with van der Waals surface area (Å²) in [5.41, 5.74) is -0.495. The van der Waals surface area contributed by atoms with Gasteiger partial charge in [-0.15, -0.1) is 0 Å². The van der Waals surface area contributed by atoms with Crippen LogP contribution in [0.2, 0.25) is 0 Å². The van der Waals surface area contributed by atoms with Crippen LogP contribution in [0.15, 0.2) is 34.8 Å². The predicted molar refractivity (Wildman–Crippen MR) is 70.4 cm³/mol. The molecule has 2 rings (SSSR count). The number of ketones is 1. The Morgan fingerprint density at radius 3 is 2.35 bits per heavy atom. The number of ether oxygens (including phenoxy) is 1. The largest absolute Gasteiger partial charge is 0.496 e. The molecule has 0 aromatic heterocycles. The minimum atomic E-state index is -1.67. The lowest BCUT2D eigenvalue weighted by molar-refractivity contribution is 0.103. The third-order valence-corrected chi connectivity index (χ3v) is 3.18. The fourth-order valence-corrected chi connectivity index (χ4v) is 2.04. The second-order valence-electron chi connectivity index (χ2n) is 3.90. The fourth-order valence-electron chi connectivity index (χ4n) is 1.70. The van der Waals surface area contributed by atoms with Gasteiger partial charge in [0.2, 0.25) is 0 Å². The molecule has 0 N–H and O–H groups in total. The first-order valence-corrected chi connectivity index (χ1v) is 6.26. The van der Waals surface area contributed by atoms with Crippen LogP contribution in [0.5, 0.6) is 5.75 Å². The van der Waals surface area contributed by atoms with Crippen LogP contribution in [0, 0.1) is 17.5 Å². The zero-order valence-electron chi connectivity index (χ0n) is 10.2. The van der Waals surface area contributed by atoms with Crippen molar-refractivity contribution in [2.75, 3.05) is 7.11 Å². The van der Waals surface area contributed by atoms with Gasteiger partial charge in [0, 0.05) is 4.47 Å². The van der Waals surface area contributed by atoms with Crippen LogP contribution >= 0.6 is 15.9 Å². The van der Waals surface area contributed by atoms with Gasteiger partial charge in [0.15, 0.2) is 23.2 Å².